The van der Waals surface area contributed by atoms with Crippen molar-refractivity contribution < 1.29 is 9.13 Å². The molecule has 1 aliphatic rings. The number of aryl methyl sites for hydroxylation is 2. The minimum absolute atomic E-state index is 0.0242. The fourth-order valence-corrected chi connectivity index (χ4v) is 3.67. The number of nitrogens with one attached hydrogen (secondary N) is 1. The summed E-state index contributed by atoms with van der Waals surface area (Å²) in [7, 11) is 0. The van der Waals surface area contributed by atoms with Gasteiger partial charge in [0.2, 0.25) is 0 Å². The Bertz CT molecular complexity index is 1100. The molecule has 28 heavy (non-hydrogen) atoms. The number of ether oxygens (including phenoxy) is 1. The predicted molar refractivity (Wildman–Crippen MR) is 109 cm³/mol. The number of pyridine rings is 2. The van der Waals surface area contributed by atoms with Gasteiger partial charge < -0.3 is 20.4 Å². The second-order valence-corrected chi connectivity index (χ2v) is 7.22. The number of halogens is 1. The molecule has 1 aliphatic heterocycles. The molecule has 0 aliphatic carbocycles. The van der Waals surface area contributed by atoms with E-state index in [1.165, 1.54) is 0 Å². The molecule has 0 saturated heterocycles. The molecule has 7 heteroatoms. The highest BCUT2D eigenvalue weighted by molar-refractivity contribution is 6.00. The van der Waals surface area contributed by atoms with Crippen LogP contribution in [0.25, 0.3) is 10.9 Å². The fourth-order valence-electron chi connectivity index (χ4n) is 3.67. The number of anilines is 2. The van der Waals surface area contributed by atoms with Crippen LogP contribution in [0.4, 0.5) is 15.8 Å². The van der Waals surface area contributed by atoms with Crippen molar-refractivity contribution in [1.82, 2.24) is 9.55 Å². The summed E-state index contributed by atoms with van der Waals surface area (Å²) in [5.41, 5.74) is 7.95. The molecule has 6 nitrogen and oxygen atoms in total. The van der Waals surface area contributed by atoms with Gasteiger partial charge in [0.05, 0.1) is 22.6 Å². The first-order valence-corrected chi connectivity index (χ1v) is 9.42. The lowest BCUT2D eigenvalue weighted by atomic mass is 10.0. The van der Waals surface area contributed by atoms with Crippen LogP contribution in [-0.4, -0.2) is 22.7 Å². The molecule has 0 amide bonds. The minimum atomic E-state index is -0.635. The second-order valence-electron chi connectivity index (χ2n) is 7.22. The molecule has 1 aromatic carbocycles. The molecule has 0 radical (unpaired) electrons. The Morgan fingerprint density at radius 1 is 1.43 bits per heavy atom. The summed E-state index contributed by atoms with van der Waals surface area (Å²) < 4.78 is 22.9. The molecular weight excluding hydrogens is 359 g/mol. The average Bonchev–Trinajstić information content (AvgIpc) is 2.70. The van der Waals surface area contributed by atoms with Crippen LogP contribution in [0.2, 0.25) is 0 Å². The van der Waals surface area contributed by atoms with Crippen LogP contribution in [0.1, 0.15) is 30.6 Å². The normalized spacial score (nSPS) is 15.5. The summed E-state index contributed by atoms with van der Waals surface area (Å²) in [4.78, 5) is 16.9. The van der Waals surface area contributed by atoms with Gasteiger partial charge in [0.25, 0.3) is 0 Å². The molecule has 0 spiro atoms. The van der Waals surface area contributed by atoms with Crippen LogP contribution in [0.3, 0.4) is 0 Å². The van der Waals surface area contributed by atoms with Crippen LogP contribution < -0.4 is 21.2 Å². The molecule has 3 aromatic rings. The van der Waals surface area contributed by atoms with E-state index in [1.807, 2.05) is 29.7 Å². The zero-order chi connectivity index (χ0) is 19.8. The maximum Gasteiger partial charge on any atom is 0.194 e. The molecule has 2 aromatic heterocycles. The molecule has 3 heterocycles. The smallest absolute Gasteiger partial charge is 0.194 e. The number of rotatable bonds is 5. The van der Waals surface area contributed by atoms with E-state index >= 15 is 4.39 Å². The zero-order valence-corrected chi connectivity index (χ0v) is 16.0. The van der Waals surface area contributed by atoms with Gasteiger partial charge in [-0.3, -0.25) is 9.78 Å². The van der Waals surface area contributed by atoms with Gasteiger partial charge in [0.15, 0.2) is 17.0 Å². The highest BCUT2D eigenvalue weighted by Gasteiger charge is 2.28. The van der Waals surface area contributed by atoms with Gasteiger partial charge >= 0.3 is 0 Å². The summed E-state index contributed by atoms with van der Waals surface area (Å²) in [6.45, 7) is 4.64. The van der Waals surface area contributed by atoms with Gasteiger partial charge in [-0.2, -0.15) is 0 Å². The summed E-state index contributed by atoms with van der Waals surface area (Å²) >= 11 is 0. The van der Waals surface area contributed by atoms with Gasteiger partial charge in [-0.1, -0.05) is 6.07 Å². The fraction of sp³-hybridized carbons (Fsp3) is 0.333. The van der Waals surface area contributed by atoms with E-state index in [4.69, 9.17) is 10.5 Å². The van der Waals surface area contributed by atoms with Crippen molar-refractivity contribution in [3.63, 3.8) is 0 Å². The molecule has 3 N–H and O–H groups in total. The lowest BCUT2D eigenvalue weighted by Gasteiger charge is -2.29. The summed E-state index contributed by atoms with van der Waals surface area (Å²) in [5.74, 6) is -0.279. The van der Waals surface area contributed by atoms with Crippen LogP contribution in [0.15, 0.2) is 35.4 Å². The van der Waals surface area contributed by atoms with E-state index in [0.29, 0.717) is 30.0 Å². The van der Waals surface area contributed by atoms with Gasteiger partial charge in [-0.05, 0) is 38.8 Å². The summed E-state index contributed by atoms with van der Waals surface area (Å²) in [6, 6.07) is 5.80. The molecule has 4 rings (SSSR count). The first-order chi connectivity index (χ1) is 13.5. The highest BCUT2D eigenvalue weighted by atomic mass is 19.1. The maximum atomic E-state index is 15.1. The van der Waals surface area contributed by atoms with Crippen molar-refractivity contribution in [2.45, 2.75) is 32.7 Å². The highest BCUT2D eigenvalue weighted by Crippen LogP contribution is 2.43. The molecular formula is C21H23FN4O2. The summed E-state index contributed by atoms with van der Waals surface area (Å²) in [5, 5.41) is 3.32. The minimum Gasteiger partial charge on any atom is -0.487 e. The maximum absolute atomic E-state index is 15.1. The molecule has 146 valence electrons. The van der Waals surface area contributed by atoms with E-state index in [9.17, 15) is 4.79 Å². The number of nitrogens with two attached hydrogens (primary N) is 1. The average molecular weight is 382 g/mol. The van der Waals surface area contributed by atoms with E-state index in [2.05, 4.69) is 10.3 Å². The number of aromatic nitrogens is 2. The molecule has 0 fully saturated rings. The van der Waals surface area contributed by atoms with Crippen molar-refractivity contribution >= 4 is 22.3 Å². The molecule has 0 unspecified atom stereocenters. The van der Waals surface area contributed by atoms with Crippen LogP contribution in [0, 0.1) is 12.7 Å². The molecule has 0 saturated carbocycles. The lowest BCUT2D eigenvalue weighted by molar-refractivity contribution is 0.247. The van der Waals surface area contributed by atoms with Crippen molar-refractivity contribution in [1.29, 1.82) is 0 Å². The number of nitrogens with zero attached hydrogens (tertiary/aromatic N) is 2. The van der Waals surface area contributed by atoms with E-state index in [0.717, 1.165) is 18.5 Å². The number of hydrogen-bond acceptors (Lipinski definition) is 5. The third kappa shape index (κ3) is 2.96. The van der Waals surface area contributed by atoms with Gasteiger partial charge in [-0.25, -0.2) is 4.39 Å². The van der Waals surface area contributed by atoms with Gasteiger partial charge in [-0.15, -0.1) is 0 Å². The Morgan fingerprint density at radius 3 is 3.00 bits per heavy atom. The molecule has 1 atom stereocenters. The first-order valence-electron chi connectivity index (χ1n) is 9.42. The third-order valence-electron chi connectivity index (χ3n) is 5.16. The van der Waals surface area contributed by atoms with Crippen LogP contribution >= 0.6 is 0 Å². The Balaban J connectivity index is 1.71. The van der Waals surface area contributed by atoms with Crippen LogP contribution in [0.5, 0.6) is 5.75 Å². The molecule has 0 bridgehead atoms. The zero-order valence-electron chi connectivity index (χ0n) is 16.0. The van der Waals surface area contributed by atoms with Crippen LogP contribution in [-0.2, 0) is 6.42 Å². The Labute approximate surface area is 162 Å². The summed E-state index contributed by atoms with van der Waals surface area (Å²) in [6.07, 6.45) is 5.09. The Kier molecular flexibility index (Phi) is 4.66. The van der Waals surface area contributed by atoms with Crippen molar-refractivity contribution in [2.24, 2.45) is 0 Å². The predicted octanol–water partition coefficient (Wildman–Crippen LogP) is 3.42. The topological polar surface area (TPSA) is 82.2 Å². The van der Waals surface area contributed by atoms with E-state index in [1.54, 1.807) is 19.3 Å². The monoisotopic (exact) mass is 382 g/mol. The Hall–Kier alpha value is -3.09. The number of nitrogen functional groups attached to an aromatic ring is 1. The number of hydrogen-bond donors (Lipinski definition) is 2. The SMILES string of the molecule is Cc1cn2c3c(c(NCCCc4ccccn4)c(F)c(N)c3c1=O)OC[C@@H]2C. The van der Waals surface area contributed by atoms with Crippen molar-refractivity contribution in [3.05, 3.63) is 57.9 Å². The van der Waals surface area contributed by atoms with Crippen molar-refractivity contribution in [3.8, 4) is 5.75 Å². The van der Waals surface area contributed by atoms with Crippen molar-refractivity contribution in [2.75, 3.05) is 24.2 Å². The van der Waals surface area contributed by atoms with Gasteiger partial charge in [0, 0.05) is 30.2 Å². The third-order valence-corrected chi connectivity index (χ3v) is 5.16. The standard InChI is InChI=1S/C21H23FN4O2/c1-12-10-26-13(2)11-28-21-18(16(22)17(23)15(19(21)26)20(12)27)25-9-5-7-14-6-3-4-8-24-14/h3-4,6,8,10,13,25H,5,7,9,11,23H2,1-2H3/t13-/m0/s1. The van der Waals surface area contributed by atoms with Gasteiger partial charge in [0.1, 0.15) is 12.3 Å². The van der Waals surface area contributed by atoms with E-state index < -0.39 is 5.82 Å². The largest absolute Gasteiger partial charge is 0.487 e. The lowest BCUT2D eigenvalue weighted by Crippen LogP contribution is -2.26. The first kappa shape index (κ1) is 18.3. The van der Waals surface area contributed by atoms with E-state index in [-0.39, 0.29) is 28.2 Å². The second kappa shape index (κ2) is 7.14. The quantitative estimate of drug-likeness (QED) is 0.522. The number of benzene rings is 1. The Morgan fingerprint density at radius 2 is 2.25 bits per heavy atom.